The van der Waals surface area contributed by atoms with Crippen LogP contribution in [0.1, 0.15) is 5.56 Å². The fourth-order valence-electron chi connectivity index (χ4n) is 0.831. The molecule has 74 valence electrons. The fourth-order valence-corrected chi connectivity index (χ4v) is 1.03. The van der Waals surface area contributed by atoms with Crippen LogP contribution in [-0.2, 0) is 0 Å². The Kier molecular flexibility index (Phi) is 3.20. The molecule has 0 atom stereocenters. The van der Waals surface area contributed by atoms with E-state index in [2.05, 4.69) is 4.74 Å². The Hall–Kier alpha value is -1.41. The normalized spacial score (nSPS) is 10.0. The van der Waals surface area contributed by atoms with Crippen LogP contribution in [0.2, 0.25) is 5.02 Å². The standard InChI is InChI=1S/C8H3ClF3NO/c9-7-4(3-13)6(14-8(11)12)2-1-5(7)10/h1-2,8H. The number of alkyl halides is 2. The van der Waals surface area contributed by atoms with E-state index in [0.29, 0.717) is 0 Å². The molecule has 1 rings (SSSR count). The van der Waals surface area contributed by atoms with E-state index >= 15 is 0 Å². The van der Waals surface area contributed by atoms with Gasteiger partial charge in [-0.2, -0.15) is 14.0 Å². The van der Waals surface area contributed by atoms with Crippen LogP contribution in [0, 0.1) is 17.1 Å². The number of hydrogen-bond donors (Lipinski definition) is 0. The van der Waals surface area contributed by atoms with Crippen molar-refractivity contribution >= 4 is 11.6 Å². The van der Waals surface area contributed by atoms with Crippen LogP contribution < -0.4 is 4.74 Å². The molecule has 0 aliphatic heterocycles. The van der Waals surface area contributed by atoms with Crippen molar-refractivity contribution in [3.05, 3.63) is 28.5 Å². The summed E-state index contributed by atoms with van der Waals surface area (Å²) >= 11 is 5.36. The largest absolute Gasteiger partial charge is 0.433 e. The first kappa shape index (κ1) is 10.7. The first-order valence-corrected chi connectivity index (χ1v) is 3.77. The van der Waals surface area contributed by atoms with Gasteiger partial charge in [0.1, 0.15) is 23.2 Å². The summed E-state index contributed by atoms with van der Waals surface area (Å²) in [7, 11) is 0. The summed E-state index contributed by atoms with van der Waals surface area (Å²) in [4.78, 5) is 0. The highest BCUT2D eigenvalue weighted by atomic mass is 35.5. The van der Waals surface area contributed by atoms with Gasteiger partial charge in [0.05, 0.1) is 5.02 Å². The molecule has 14 heavy (non-hydrogen) atoms. The minimum absolute atomic E-state index is 0.436. The molecule has 0 spiro atoms. The molecule has 0 radical (unpaired) electrons. The second-order valence-corrected chi connectivity index (χ2v) is 2.60. The molecule has 0 aliphatic rings. The predicted molar refractivity (Wildman–Crippen MR) is 42.8 cm³/mol. The third-order valence-electron chi connectivity index (χ3n) is 1.38. The second-order valence-electron chi connectivity index (χ2n) is 2.22. The number of ether oxygens (including phenoxy) is 1. The average molecular weight is 222 g/mol. The van der Waals surface area contributed by atoms with Crippen molar-refractivity contribution in [1.29, 1.82) is 5.26 Å². The predicted octanol–water partition coefficient (Wildman–Crippen LogP) is 2.95. The molecular formula is C8H3ClF3NO. The van der Waals surface area contributed by atoms with Crippen LogP contribution in [0.3, 0.4) is 0 Å². The molecule has 0 bridgehead atoms. The van der Waals surface area contributed by atoms with Crippen molar-refractivity contribution in [3.63, 3.8) is 0 Å². The molecule has 0 saturated heterocycles. The number of nitriles is 1. The van der Waals surface area contributed by atoms with Gasteiger partial charge in [0.2, 0.25) is 0 Å². The molecule has 1 aromatic rings. The maximum Gasteiger partial charge on any atom is 0.387 e. The zero-order chi connectivity index (χ0) is 10.7. The summed E-state index contributed by atoms with van der Waals surface area (Å²) in [6, 6.07) is 3.25. The van der Waals surface area contributed by atoms with Crippen LogP contribution in [0.25, 0.3) is 0 Å². The van der Waals surface area contributed by atoms with Crippen molar-refractivity contribution in [2.75, 3.05) is 0 Å². The van der Waals surface area contributed by atoms with Gasteiger partial charge >= 0.3 is 6.61 Å². The van der Waals surface area contributed by atoms with E-state index in [-0.39, 0.29) is 0 Å². The molecule has 0 aliphatic carbocycles. The summed E-state index contributed by atoms with van der Waals surface area (Å²) in [5.41, 5.74) is -0.438. The summed E-state index contributed by atoms with van der Waals surface area (Å²) in [6.45, 7) is -3.08. The maximum atomic E-state index is 12.8. The molecule has 0 saturated carbocycles. The van der Waals surface area contributed by atoms with Crippen molar-refractivity contribution < 1.29 is 17.9 Å². The van der Waals surface area contributed by atoms with E-state index in [1.807, 2.05) is 0 Å². The van der Waals surface area contributed by atoms with Gasteiger partial charge in [-0.15, -0.1) is 0 Å². The van der Waals surface area contributed by atoms with Crippen LogP contribution in [0.15, 0.2) is 12.1 Å². The molecule has 0 N–H and O–H groups in total. The summed E-state index contributed by atoms with van der Waals surface area (Å²) in [5.74, 6) is -1.29. The lowest BCUT2D eigenvalue weighted by atomic mass is 10.2. The van der Waals surface area contributed by atoms with Crippen molar-refractivity contribution in [2.45, 2.75) is 6.61 Å². The van der Waals surface area contributed by atoms with Gasteiger partial charge in [-0.1, -0.05) is 11.6 Å². The molecule has 0 aromatic heterocycles. The van der Waals surface area contributed by atoms with Gasteiger partial charge in [-0.25, -0.2) is 4.39 Å². The van der Waals surface area contributed by atoms with E-state index < -0.39 is 28.8 Å². The van der Waals surface area contributed by atoms with Gasteiger partial charge in [-0.3, -0.25) is 0 Å². The second kappa shape index (κ2) is 4.20. The highest BCUT2D eigenvalue weighted by molar-refractivity contribution is 6.32. The Morgan fingerprint density at radius 3 is 2.57 bits per heavy atom. The van der Waals surface area contributed by atoms with Gasteiger partial charge in [0.15, 0.2) is 0 Å². The summed E-state index contributed by atoms with van der Waals surface area (Å²) in [6.07, 6.45) is 0. The molecule has 0 unspecified atom stereocenters. The molecular weight excluding hydrogens is 219 g/mol. The Morgan fingerprint density at radius 2 is 2.07 bits per heavy atom. The van der Waals surface area contributed by atoms with Gasteiger partial charge in [-0.05, 0) is 12.1 Å². The van der Waals surface area contributed by atoms with E-state index in [1.165, 1.54) is 6.07 Å². The maximum absolute atomic E-state index is 12.8. The van der Waals surface area contributed by atoms with Gasteiger partial charge in [0.25, 0.3) is 0 Å². The molecule has 0 heterocycles. The lowest BCUT2D eigenvalue weighted by molar-refractivity contribution is -0.0500. The number of halogens is 4. The number of nitrogens with zero attached hydrogens (tertiary/aromatic N) is 1. The molecule has 2 nitrogen and oxygen atoms in total. The quantitative estimate of drug-likeness (QED) is 0.769. The first-order valence-electron chi connectivity index (χ1n) is 3.39. The molecule has 0 fully saturated rings. The third-order valence-corrected chi connectivity index (χ3v) is 1.75. The van der Waals surface area contributed by atoms with Crippen molar-refractivity contribution in [2.24, 2.45) is 0 Å². The van der Waals surface area contributed by atoms with Gasteiger partial charge < -0.3 is 4.74 Å². The summed E-state index contributed by atoms with van der Waals surface area (Å²) < 4.78 is 40.3. The minimum Gasteiger partial charge on any atom is -0.433 e. The van der Waals surface area contributed by atoms with Crippen LogP contribution in [0.4, 0.5) is 13.2 Å². The van der Waals surface area contributed by atoms with Crippen LogP contribution in [0.5, 0.6) is 5.75 Å². The van der Waals surface area contributed by atoms with Crippen molar-refractivity contribution in [3.8, 4) is 11.8 Å². The SMILES string of the molecule is N#Cc1c(OC(F)F)ccc(F)c1Cl. The lowest BCUT2D eigenvalue weighted by Crippen LogP contribution is -2.04. The minimum atomic E-state index is -3.08. The third kappa shape index (κ3) is 2.09. The fraction of sp³-hybridized carbons (Fsp3) is 0.125. The monoisotopic (exact) mass is 221 g/mol. The van der Waals surface area contributed by atoms with E-state index in [1.54, 1.807) is 0 Å². The average Bonchev–Trinajstić information content (AvgIpc) is 2.11. The molecule has 6 heteroatoms. The topological polar surface area (TPSA) is 33.0 Å². The lowest BCUT2D eigenvalue weighted by Gasteiger charge is -2.07. The van der Waals surface area contributed by atoms with E-state index in [4.69, 9.17) is 16.9 Å². The first-order chi connectivity index (χ1) is 6.56. The Labute approximate surface area is 82.5 Å². The Bertz CT molecular complexity index is 389. The number of rotatable bonds is 2. The highest BCUT2D eigenvalue weighted by Crippen LogP contribution is 2.29. The van der Waals surface area contributed by atoms with Crippen molar-refractivity contribution in [1.82, 2.24) is 0 Å². The van der Waals surface area contributed by atoms with Gasteiger partial charge in [0, 0.05) is 0 Å². The van der Waals surface area contributed by atoms with Crippen LogP contribution in [-0.4, -0.2) is 6.61 Å². The van der Waals surface area contributed by atoms with Crippen LogP contribution >= 0.6 is 11.6 Å². The molecule has 1 aromatic carbocycles. The number of hydrogen-bond acceptors (Lipinski definition) is 2. The molecule has 0 amide bonds. The smallest absolute Gasteiger partial charge is 0.387 e. The number of benzene rings is 1. The highest BCUT2D eigenvalue weighted by Gasteiger charge is 2.15. The Balaban J connectivity index is 3.19. The van der Waals surface area contributed by atoms with E-state index in [0.717, 1.165) is 12.1 Å². The Morgan fingerprint density at radius 1 is 1.43 bits per heavy atom. The van der Waals surface area contributed by atoms with E-state index in [9.17, 15) is 13.2 Å². The zero-order valence-corrected chi connectivity index (χ0v) is 7.36. The zero-order valence-electron chi connectivity index (χ0n) is 6.60. The summed E-state index contributed by atoms with van der Waals surface area (Å²) in [5, 5.41) is 7.99.